The molecule has 0 radical (unpaired) electrons. The number of hydrogen-bond acceptors (Lipinski definition) is 3. The first-order valence-corrected chi connectivity index (χ1v) is 12.8. The molecule has 1 amide bonds. The van der Waals surface area contributed by atoms with Gasteiger partial charge in [0.15, 0.2) is 0 Å². The predicted octanol–water partition coefficient (Wildman–Crippen LogP) is 6.35. The highest BCUT2D eigenvalue weighted by Crippen LogP contribution is 2.47. The average Bonchev–Trinajstić information content (AvgIpc) is 3.63. The summed E-state index contributed by atoms with van der Waals surface area (Å²) in [5.41, 5.74) is 1.96. The molecule has 1 aliphatic carbocycles. The molecule has 4 rings (SSSR count). The highest BCUT2D eigenvalue weighted by atomic mass is 35.5. The van der Waals surface area contributed by atoms with Crippen LogP contribution in [0.2, 0.25) is 10.0 Å². The summed E-state index contributed by atoms with van der Waals surface area (Å²) in [4.78, 5) is 27.4. The van der Waals surface area contributed by atoms with E-state index in [-0.39, 0.29) is 30.3 Å². The smallest absolute Gasteiger partial charge is 0.304 e. The summed E-state index contributed by atoms with van der Waals surface area (Å²) in [6.07, 6.45) is 3.35. The van der Waals surface area contributed by atoms with Crippen LogP contribution in [-0.2, 0) is 14.3 Å². The highest BCUT2D eigenvalue weighted by molar-refractivity contribution is 6.30. The third kappa shape index (κ3) is 5.94. The molecule has 2 aliphatic rings. The van der Waals surface area contributed by atoms with Crippen molar-refractivity contribution in [2.24, 2.45) is 11.8 Å². The molecule has 1 aliphatic heterocycles. The van der Waals surface area contributed by atoms with Gasteiger partial charge < -0.3 is 14.7 Å². The Bertz CT molecular complexity index is 1010. The van der Waals surface area contributed by atoms with E-state index in [0.717, 1.165) is 11.1 Å². The normalized spacial score (nSPS) is 23.7. The van der Waals surface area contributed by atoms with E-state index in [0.29, 0.717) is 42.0 Å². The number of piperidine rings is 1. The summed E-state index contributed by atoms with van der Waals surface area (Å²) in [6.45, 7) is 3.19. The molecule has 1 unspecified atom stereocenters. The number of ether oxygens (including phenoxy) is 1. The van der Waals surface area contributed by atoms with Crippen LogP contribution in [-0.4, -0.2) is 41.1 Å². The summed E-state index contributed by atoms with van der Waals surface area (Å²) in [5.74, 6) is -1.18. The van der Waals surface area contributed by atoms with E-state index >= 15 is 0 Å². The molecule has 0 aromatic heterocycles. The average molecular weight is 504 g/mol. The van der Waals surface area contributed by atoms with Crippen molar-refractivity contribution in [2.75, 3.05) is 13.2 Å². The fourth-order valence-corrected chi connectivity index (χ4v) is 5.35. The number of carboxylic acids is 1. The zero-order valence-electron chi connectivity index (χ0n) is 19.3. The molecule has 5 nitrogen and oxygen atoms in total. The van der Waals surface area contributed by atoms with Gasteiger partial charge in [-0.1, -0.05) is 54.4 Å². The van der Waals surface area contributed by atoms with Crippen LogP contribution in [0.3, 0.4) is 0 Å². The van der Waals surface area contributed by atoms with Crippen molar-refractivity contribution >= 4 is 35.1 Å². The number of rotatable bonds is 10. The van der Waals surface area contributed by atoms with Crippen LogP contribution in [0.4, 0.5) is 0 Å². The van der Waals surface area contributed by atoms with E-state index < -0.39 is 11.9 Å². The standard InChI is InChI=1S/C27H31Cl2NO4/c1-2-23(16-34-15-17-6-7-17)30-26(18-8-10-21(28)11-9-18)24(19-4-3-5-22(29)12-19)13-20(27(30)33)14-25(31)32/h3-5,8-12,17,20,23-24,26H,2,6-7,13-16H2,1H3,(H,31,32)/t20-,23+,24-,26?/m1/s1. The Hall–Kier alpha value is -2.08. The summed E-state index contributed by atoms with van der Waals surface area (Å²) in [5, 5.41) is 10.8. The number of likely N-dealkylation sites (tertiary alicyclic amines) is 1. The van der Waals surface area contributed by atoms with Crippen LogP contribution in [0.5, 0.6) is 0 Å². The van der Waals surface area contributed by atoms with Gasteiger partial charge in [0.2, 0.25) is 5.91 Å². The Morgan fingerprint density at radius 3 is 2.47 bits per heavy atom. The van der Waals surface area contributed by atoms with Crippen LogP contribution < -0.4 is 0 Å². The topological polar surface area (TPSA) is 66.8 Å². The van der Waals surface area contributed by atoms with Crippen LogP contribution >= 0.6 is 23.2 Å². The highest BCUT2D eigenvalue weighted by Gasteiger charge is 2.46. The molecule has 2 aromatic carbocycles. The van der Waals surface area contributed by atoms with E-state index in [2.05, 4.69) is 0 Å². The number of halogens is 2. The van der Waals surface area contributed by atoms with E-state index in [1.807, 2.05) is 60.4 Å². The molecule has 2 fully saturated rings. The molecular formula is C27H31Cl2NO4. The zero-order chi connectivity index (χ0) is 24.2. The van der Waals surface area contributed by atoms with Gasteiger partial charge in [-0.25, -0.2) is 0 Å². The number of hydrogen-bond donors (Lipinski definition) is 1. The largest absolute Gasteiger partial charge is 0.481 e. The van der Waals surface area contributed by atoms with Crippen molar-refractivity contribution < 1.29 is 19.4 Å². The van der Waals surface area contributed by atoms with Crippen molar-refractivity contribution in [2.45, 2.75) is 57.0 Å². The lowest BCUT2D eigenvalue weighted by molar-refractivity contribution is -0.154. The van der Waals surface area contributed by atoms with Crippen LogP contribution in [0.25, 0.3) is 0 Å². The van der Waals surface area contributed by atoms with Crippen molar-refractivity contribution in [3.05, 3.63) is 69.7 Å². The molecule has 1 heterocycles. The summed E-state index contributed by atoms with van der Waals surface area (Å²) < 4.78 is 6.04. The van der Waals surface area contributed by atoms with Gasteiger partial charge in [0, 0.05) is 28.5 Å². The molecule has 1 N–H and O–H groups in total. The Morgan fingerprint density at radius 1 is 1.12 bits per heavy atom. The second-order valence-corrected chi connectivity index (χ2v) is 10.3. The van der Waals surface area contributed by atoms with Gasteiger partial charge in [-0.2, -0.15) is 0 Å². The van der Waals surface area contributed by atoms with Crippen LogP contribution in [0.15, 0.2) is 48.5 Å². The van der Waals surface area contributed by atoms with Gasteiger partial charge in [-0.15, -0.1) is 0 Å². The minimum absolute atomic E-state index is 0.112. The Labute approximate surface area is 211 Å². The lowest BCUT2D eigenvalue weighted by Crippen LogP contribution is -2.53. The molecule has 7 heteroatoms. The van der Waals surface area contributed by atoms with Gasteiger partial charge in [0.25, 0.3) is 0 Å². The van der Waals surface area contributed by atoms with Crippen molar-refractivity contribution in [1.29, 1.82) is 0 Å². The van der Waals surface area contributed by atoms with Crippen molar-refractivity contribution in [3.8, 4) is 0 Å². The maximum atomic E-state index is 13.8. The van der Waals surface area contributed by atoms with Crippen LogP contribution in [0.1, 0.15) is 62.1 Å². The molecule has 0 bridgehead atoms. The van der Waals surface area contributed by atoms with E-state index in [4.69, 9.17) is 27.9 Å². The maximum absolute atomic E-state index is 13.8. The van der Waals surface area contributed by atoms with Gasteiger partial charge in [0.05, 0.1) is 25.1 Å². The summed E-state index contributed by atoms with van der Waals surface area (Å²) >= 11 is 12.5. The third-order valence-corrected chi connectivity index (χ3v) is 7.44. The second kappa shape index (κ2) is 11.1. The van der Waals surface area contributed by atoms with Crippen molar-refractivity contribution in [1.82, 2.24) is 4.90 Å². The predicted molar refractivity (Wildman–Crippen MR) is 133 cm³/mol. The van der Waals surface area contributed by atoms with Crippen LogP contribution in [0, 0.1) is 11.8 Å². The summed E-state index contributed by atoms with van der Waals surface area (Å²) in [6, 6.07) is 14.8. The van der Waals surface area contributed by atoms with Gasteiger partial charge in [-0.05, 0) is 67.0 Å². The zero-order valence-corrected chi connectivity index (χ0v) is 20.8. The lowest BCUT2D eigenvalue weighted by atomic mass is 9.74. The molecule has 4 atom stereocenters. The fraction of sp³-hybridized carbons (Fsp3) is 0.481. The minimum Gasteiger partial charge on any atom is -0.481 e. The molecule has 182 valence electrons. The van der Waals surface area contributed by atoms with Gasteiger partial charge in [0.1, 0.15) is 0 Å². The minimum atomic E-state index is -0.967. The monoisotopic (exact) mass is 503 g/mol. The molecular weight excluding hydrogens is 473 g/mol. The number of carbonyl (C=O) groups excluding carboxylic acids is 1. The number of carbonyl (C=O) groups is 2. The van der Waals surface area contributed by atoms with Gasteiger partial charge in [-0.3, -0.25) is 9.59 Å². The first-order valence-electron chi connectivity index (χ1n) is 12.0. The van der Waals surface area contributed by atoms with E-state index in [9.17, 15) is 14.7 Å². The quantitative estimate of drug-likeness (QED) is 0.410. The Morgan fingerprint density at radius 2 is 1.85 bits per heavy atom. The fourth-order valence-electron chi connectivity index (χ4n) is 5.03. The first kappa shape index (κ1) is 25.0. The second-order valence-electron chi connectivity index (χ2n) is 9.48. The molecule has 1 saturated carbocycles. The first-order chi connectivity index (χ1) is 16.4. The number of amides is 1. The Balaban J connectivity index is 1.76. The molecule has 34 heavy (non-hydrogen) atoms. The maximum Gasteiger partial charge on any atom is 0.304 e. The SMILES string of the molecule is CC[C@@H](COCC1CC1)N1C(=O)[C@@H](CC(=O)O)C[C@H](c2cccc(Cl)c2)C1c1ccc(Cl)cc1. The van der Waals surface area contributed by atoms with Gasteiger partial charge >= 0.3 is 5.97 Å². The lowest BCUT2D eigenvalue weighted by Gasteiger charge is -2.48. The molecule has 1 saturated heterocycles. The Kier molecular flexibility index (Phi) is 8.18. The van der Waals surface area contributed by atoms with E-state index in [1.165, 1.54) is 12.8 Å². The molecule has 2 aromatic rings. The number of benzene rings is 2. The molecule has 0 spiro atoms. The number of carboxylic acid groups (broad SMARTS) is 1. The van der Waals surface area contributed by atoms with E-state index in [1.54, 1.807) is 0 Å². The van der Waals surface area contributed by atoms with Crippen molar-refractivity contribution in [3.63, 3.8) is 0 Å². The number of aliphatic carboxylic acids is 1. The summed E-state index contributed by atoms with van der Waals surface area (Å²) in [7, 11) is 0. The number of nitrogens with zero attached hydrogens (tertiary/aromatic N) is 1. The third-order valence-electron chi connectivity index (χ3n) is 6.96.